The number of benzene rings is 1. The minimum absolute atomic E-state index is 0.451. The van der Waals surface area contributed by atoms with Gasteiger partial charge in [-0.15, -0.1) is 0 Å². The lowest BCUT2D eigenvalue weighted by atomic mass is 10.0. The molecule has 4 rings (SSSR count). The summed E-state index contributed by atoms with van der Waals surface area (Å²) in [6, 6.07) is 9.41. The molecule has 128 valence electrons. The molecule has 2 aliphatic rings. The van der Waals surface area contributed by atoms with E-state index in [4.69, 9.17) is 4.74 Å². The van der Waals surface area contributed by atoms with E-state index in [1.165, 1.54) is 18.2 Å². The zero-order chi connectivity index (χ0) is 16.2. The predicted octanol–water partition coefficient (Wildman–Crippen LogP) is 2.53. The summed E-state index contributed by atoms with van der Waals surface area (Å²) in [7, 11) is 0. The van der Waals surface area contributed by atoms with Crippen molar-refractivity contribution >= 4 is 16.5 Å². The quantitative estimate of drug-likeness (QED) is 0.788. The van der Waals surface area contributed by atoms with Crippen molar-refractivity contribution in [2.24, 2.45) is 0 Å². The molecule has 2 fully saturated rings. The summed E-state index contributed by atoms with van der Waals surface area (Å²) in [6.45, 7) is 3.95. The summed E-state index contributed by atoms with van der Waals surface area (Å²) in [5, 5.41) is 12.9. The minimum Gasteiger partial charge on any atom is -0.476 e. The van der Waals surface area contributed by atoms with Crippen LogP contribution in [0.1, 0.15) is 25.7 Å². The van der Waals surface area contributed by atoms with E-state index < -0.39 is 0 Å². The maximum atomic E-state index is 6.11. The molecule has 3 N–H and O–H groups in total. The van der Waals surface area contributed by atoms with Crippen molar-refractivity contribution in [2.45, 2.75) is 37.8 Å². The average molecular weight is 326 g/mol. The second-order valence-electron chi connectivity index (χ2n) is 6.79. The van der Waals surface area contributed by atoms with Crippen LogP contribution in [0.2, 0.25) is 0 Å². The van der Waals surface area contributed by atoms with Gasteiger partial charge in [-0.2, -0.15) is 0 Å². The number of rotatable bonds is 5. The third-order valence-corrected chi connectivity index (χ3v) is 5.04. The van der Waals surface area contributed by atoms with Crippen LogP contribution in [0.4, 0.5) is 5.69 Å². The molecular formula is C19H26N4O. The van der Waals surface area contributed by atoms with Crippen molar-refractivity contribution in [3.05, 3.63) is 30.5 Å². The van der Waals surface area contributed by atoms with Crippen LogP contribution in [0.3, 0.4) is 0 Å². The van der Waals surface area contributed by atoms with Gasteiger partial charge in [0, 0.05) is 24.0 Å². The monoisotopic (exact) mass is 326 g/mol. The van der Waals surface area contributed by atoms with Crippen molar-refractivity contribution in [2.75, 3.05) is 31.6 Å². The highest BCUT2D eigenvalue weighted by atomic mass is 16.5. The molecule has 5 nitrogen and oxygen atoms in total. The Kier molecular flexibility index (Phi) is 4.81. The highest BCUT2D eigenvalue weighted by Crippen LogP contribution is 2.32. The van der Waals surface area contributed by atoms with Crippen molar-refractivity contribution in [1.82, 2.24) is 15.6 Å². The zero-order valence-corrected chi connectivity index (χ0v) is 14.1. The molecule has 2 aromatic rings. The van der Waals surface area contributed by atoms with Gasteiger partial charge in [0.25, 0.3) is 0 Å². The third kappa shape index (κ3) is 3.47. The van der Waals surface area contributed by atoms with Crippen LogP contribution < -0.4 is 20.7 Å². The van der Waals surface area contributed by atoms with Crippen LogP contribution in [-0.2, 0) is 0 Å². The molecule has 1 aromatic heterocycles. The fourth-order valence-electron chi connectivity index (χ4n) is 3.69. The van der Waals surface area contributed by atoms with E-state index in [1.54, 1.807) is 0 Å². The number of nitrogens with zero attached hydrogens (tertiary/aromatic N) is 1. The van der Waals surface area contributed by atoms with Gasteiger partial charge >= 0.3 is 0 Å². The Bertz CT molecular complexity index is 673. The topological polar surface area (TPSA) is 58.2 Å². The van der Waals surface area contributed by atoms with Gasteiger partial charge in [0.05, 0.1) is 5.39 Å². The van der Waals surface area contributed by atoms with Gasteiger partial charge in [-0.1, -0.05) is 12.1 Å². The number of hydrogen-bond acceptors (Lipinski definition) is 5. The summed E-state index contributed by atoms with van der Waals surface area (Å²) in [5.41, 5.74) is 1.14. The molecule has 0 amide bonds. The second kappa shape index (κ2) is 7.36. The number of aromatic nitrogens is 1. The van der Waals surface area contributed by atoms with Gasteiger partial charge in [0.15, 0.2) is 0 Å². The van der Waals surface area contributed by atoms with E-state index in [2.05, 4.69) is 45.2 Å². The maximum absolute atomic E-state index is 6.11. The zero-order valence-electron chi connectivity index (χ0n) is 14.1. The molecule has 5 heteroatoms. The third-order valence-electron chi connectivity index (χ3n) is 5.04. The number of fused-ring (bicyclic) bond motifs is 1. The van der Waals surface area contributed by atoms with E-state index in [0.29, 0.717) is 18.7 Å². The smallest absolute Gasteiger partial charge is 0.223 e. The summed E-state index contributed by atoms with van der Waals surface area (Å²) >= 11 is 0. The SMILES string of the molecule is c1cc(NC2CCNCC2)c2c(OCC3CCCN3)nccc2c1. The lowest BCUT2D eigenvalue weighted by Gasteiger charge is -2.25. The van der Waals surface area contributed by atoms with Gasteiger partial charge in [0.1, 0.15) is 6.61 Å². The highest BCUT2D eigenvalue weighted by molar-refractivity contribution is 5.97. The predicted molar refractivity (Wildman–Crippen MR) is 97.8 cm³/mol. The minimum atomic E-state index is 0.451. The summed E-state index contributed by atoms with van der Waals surface area (Å²) in [6.07, 6.45) is 6.57. The van der Waals surface area contributed by atoms with Gasteiger partial charge < -0.3 is 20.7 Å². The number of pyridine rings is 1. The number of anilines is 1. The van der Waals surface area contributed by atoms with Crippen LogP contribution in [0, 0.1) is 0 Å². The van der Waals surface area contributed by atoms with Gasteiger partial charge in [-0.3, -0.25) is 0 Å². The van der Waals surface area contributed by atoms with E-state index in [1.807, 2.05) is 6.20 Å². The van der Waals surface area contributed by atoms with E-state index in [-0.39, 0.29) is 0 Å². The fourth-order valence-corrected chi connectivity index (χ4v) is 3.69. The summed E-state index contributed by atoms with van der Waals surface area (Å²) < 4.78 is 6.11. The molecular weight excluding hydrogens is 300 g/mol. The van der Waals surface area contributed by atoms with Crippen LogP contribution in [-0.4, -0.2) is 43.3 Å². The molecule has 1 aromatic carbocycles. The van der Waals surface area contributed by atoms with Gasteiger partial charge in [0.2, 0.25) is 5.88 Å². The van der Waals surface area contributed by atoms with Crippen LogP contribution >= 0.6 is 0 Å². The molecule has 3 heterocycles. The molecule has 0 bridgehead atoms. The molecule has 0 aliphatic carbocycles. The molecule has 0 spiro atoms. The Labute approximate surface area is 143 Å². The number of nitrogens with one attached hydrogen (secondary N) is 3. The van der Waals surface area contributed by atoms with Crippen LogP contribution in [0.5, 0.6) is 5.88 Å². The summed E-state index contributed by atoms with van der Waals surface area (Å²) in [4.78, 5) is 4.52. The number of piperidine rings is 1. The van der Waals surface area contributed by atoms with Gasteiger partial charge in [-0.25, -0.2) is 4.98 Å². The van der Waals surface area contributed by atoms with Crippen molar-refractivity contribution in [1.29, 1.82) is 0 Å². The van der Waals surface area contributed by atoms with E-state index in [0.717, 1.165) is 49.4 Å². The Balaban J connectivity index is 1.58. The van der Waals surface area contributed by atoms with Crippen molar-refractivity contribution < 1.29 is 4.74 Å². The van der Waals surface area contributed by atoms with Crippen LogP contribution in [0.15, 0.2) is 30.5 Å². The first-order chi connectivity index (χ1) is 11.9. The Morgan fingerprint density at radius 2 is 2.04 bits per heavy atom. The Morgan fingerprint density at radius 3 is 2.88 bits per heavy atom. The average Bonchev–Trinajstić information content (AvgIpc) is 3.14. The molecule has 0 radical (unpaired) electrons. The normalized spacial score (nSPS) is 21.9. The second-order valence-corrected chi connectivity index (χ2v) is 6.79. The molecule has 1 atom stereocenters. The molecule has 1 unspecified atom stereocenters. The van der Waals surface area contributed by atoms with Crippen LogP contribution in [0.25, 0.3) is 10.8 Å². The standard InChI is InChI=1S/C19H26N4O/c1-3-14-6-12-22-19(24-13-16-4-2-9-21-16)18(14)17(5-1)23-15-7-10-20-11-8-15/h1,3,5-6,12,15-16,20-21,23H,2,4,7-11,13H2. The van der Waals surface area contributed by atoms with E-state index >= 15 is 0 Å². The lowest BCUT2D eigenvalue weighted by molar-refractivity contribution is 0.271. The molecule has 24 heavy (non-hydrogen) atoms. The largest absolute Gasteiger partial charge is 0.476 e. The first kappa shape index (κ1) is 15.7. The van der Waals surface area contributed by atoms with E-state index in [9.17, 15) is 0 Å². The first-order valence-corrected chi connectivity index (χ1v) is 9.11. The lowest BCUT2D eigenvalue weighted by Crippen LogP contribution is -2.35. The van der Waals surface area contributed by atoms with Crippen molar-refractivity contribution in [3.8, 4) is 5.88 Å². The Hall–Kier alpha value is -1.85. The summed E-state index contributed by atoms with van der Waals surface area (Å²) in [5.74, 6) is 0.748. The fraction of sp³-hybridized carbons (Fsp3) is 0.526. The molecule has 2 aliphatic heterocycles. The van der Waals surface area contributed by atoms with Gasteiger partial charge in [-0.05, 0) is 62.8 Å². The molecule has 0 saturated carbocycles. The van der Waals surface area contributed by atoms with Crippen molar-refractivity contribution in [3.63, 3.8) is 0 Å². The highest BCUT2D eigenvalue weighted by Gasteiger charge is 2.18. The maximum Gasteiger partial charge on any atom is 0.223 e. The number of ether oxygens (including phenoxy) is 1. The Morgan fingerprint density at radius 1 is 1.12 bits per heavy atom. The number of hydrogen-bond donors (Lipinski definition) is 3. The first-order valence-electron chi connectivity index (χ1n) is 9.11. The molecule has 2 saturated heterocycles.